The Morgan fingerprint density at radius 2 is 1.39 bits per heavy atom. The SMILES string of the molecule is CN(CCCCC(=O)c1ccc(OCc2ccccc2)c(OCc2ccccc2)c1Cl)C(=O)OC(C)(C)C. The third-order valence-corrected chi connectivity index (χ3v) is 6.05. The van der Waals surface area contributed by atoms with E-state index in [1.165, 1.54) is 4.90 Å². The number of Topliss-reactive ketones (excluding diaryl/α,β-unsaturated/α-hetero) is 1. The van der Waals surface area contributed by atoms with E-state index in [0.717, 1.165) is 11.1 Å². The molecule has 3 aromatic carbocycles. The van der Waals surface area contributed by atoms with Crippen LogP contribution in [-0.2, 0) is 18.0 Å². The molecule has 0 fully saturated rings. The molecular formula is C31H36ClNO5. The lowest BCUT2D eigenvalue weighted by Gasteiger charge is -2.24. The minimum atomic E-state index is -0.546. The summed E-state index contributed by atoms with van der Waals surface area (Å²) < 4.78 is 17.5. The summed E-state index contributed by atoms with van der Waals surface area (Å²) in [5.74, 6) is 0.737. The first-order chi connectivity index (χ1) is 18.1. The zero-order chi connectivity index (χ0) is 27.5. The molecule has 0 aliphatic carbocycles. The number of ketones is 1. The molecular weight excluding hydrogens is 502 g/mol. The van der Waals surface area contributed by atoms with Gasteiger partial charge in [0.05, 0.1) is 5.02 Å². The van der Waals surface area contributed by atoms with Gasteiger partial charge in [0.25, 0.3) is 0 Å². The van der Waals surface area contributed by atoms with Crippen LogP contribution < -0.4 is 9.47 Å². The first-order valence-electron chi connectivity index (χ1n) is 12.8. The summed E-state index contributed by atoms with van der Waals surface area (Å²) >= 11 is 6.73. The summed E-state index contributed by atoms with van der Waals surface area (Å²) in [6, 6.07) is 23.0. The van der Waals surface area contributed by atoms with E-state index in [-0.39, 0.29) is 23.5 Å². The number of hydrogen-bond acceptors (Lipinski definition) is 5. The van der Waals surface area contributed by atoms with Crippen molar-refractivity contribution < 1.29 is 23.8 Å². The van der Waals surface area contributed by atoms with Gasteiger partial charge in [-0.2, -0.15) is 0 Å². The zero-order valence-corrected chi connectivity index (χ0v) is 23.3. The van der Waals surface area contributed by atoms with Gasteiger partial charge < -0.3 is 19.1 Å². The van der Waals surface area contributed by atoms with E-state index in [9.17, 15) is 9.59 Å². The minimum Gasteiger partial charge on any atom is -0.485 e. The van der Waals surface area contributed by atoms with E-state index in [4.69, 9.17) is 25.8 Å². The fraction of sp³-hybridized carbons (Fsp3) is 0.355. The molecule has 0 bridgehead atoms. The van der Waals surface area contributed by atoms with E-state index in [0.29, 0.717) is 49.5 Å². The molecule has 7 heteroatoms. The van der Waals surface area contributed by atoms with E-state index < -0.39 is 5.60 Å². The molecule has 1 amide bonds. The van der Waals surface area contributed by atoms with Gasteiger partial charge in [0.15, 0.2) is 17.3 Å². The molecule has 0 radical (unpaired) electrons. The van der Waals surface area contributed by atoms with Crippen LogP contribution in [0.15, 0.2) is 72.8 Å². The van der Waals surface area contributed by atoms with Crippen LogP contribution in [0.1, 0.15) is 61.5 Å². The van der Waals surface area contributed by atoms with Crippen molar-refractivity contribution in [2.75, 3.05) is 13.6 Å². The number of carbonyl (C=O) groups excluding carboxylic acids is 2. The van der Waals surface area contributed by atoms with Crippen molar-refractivity contribution in [3.63, 3.8) is 0 Å². The van der Waals surface area contributed by atoms with Crippen LogP contribution in [0.25, 0.3) is 0 Å². The van der Waals surface area contributed by atoms with E-state index in [1.807, 2.05) is 81.4 Å². The lowest BCUT2D eigenvalue weighted by atomic mass is 10.0. The van der Waals surface area contributed by atoms with Gasteiger partial charge in [-0.15, -0.1) is 0 Å². The Labute approximate surface area is 230 Å². The average Bonchev–Trinajstić information content (AvgIpc) is 2.89. The molecule has 0 N–H and O–H groups in total. The number of nitrogens with zero attached hydrogens (tertiary/aromatic N) is 1. The lowest BCUT2D eigenvalue weighted by molar-refractivity contribution is 0.0296. The molecule has 0 aliphatic rings. The van der Waals surface area contributed by atoms with Crippen LogP contribution in [0.3, 0.4) is 0 Å². The van der Waals surface area contributed by atoms with Crippen molar-refractivity contribution in [1.82, 2.24) is 4.90 Å². The van der Waals surface area contributed by atoms with Crippen molar-refractivity contribution >= 4 is 23.5 Å². The van der Waals surface area contributed by atoms with Gasteiger partial charge in [0.2, 0.25) is 0 Å². The van der Waals surface area contributed by atoms with Crippen molar-refractivity contribution in [3.8, 4) is 11.5 Å². The van der Waals surface area contributed by atoms with Crippen molar-refractivity contribution in [2.45, 2.75) is 58.8 Å². The molecule has 3 aromatic rings. The Morgan fingerprint density at radius 1 is 0.816 bits per heavy atom. The van der Waals surface area contributed by atoms with E-state index in [2.05, 4.69) is 0 Å². The van der Waals surface area contributed by atoms with Crippen LogP contribution >= 0.6 is 11.6 Å². The molecule has 0 spiro atoms. The molecule has 38 heavy (non-hydrogen) atoms. The third-order valence-electron chi connectivity index (χ3n) is 5.68. The summed E-state index contributed by atoms with van der Waals surface area (Å²) in [7, 11) is 1.69. The molecule has 202 valence electrons. The van der Waals surface area contributed by atoms with Crippen LogP contribution in [0, 0.1) is 0 Å². The Morgan fingerprint density at radius 3 is 1.97 bits per heavy atom. The van der Waals surface area contributed by atoms with E-state index in [1.54, 1.807) is 19.2 Å². The summed E-state index contributed by atoms with van der Waals surface area (Å²) in [6.45, 7) is 6.62. The van der Waals surface area contributed by atoms with Gasteiger partial charge in [0, 0.05) is 25.6 Å². The van der Waals surface area contributed by atoms with Gasteiger partial charge in [-0.1, -0.05) is 72.3 Å². The highest BCUT2D eigenvalue weighted by atomic mass is 35.5. The molecule has 0 aliphatic heterocycles. The normalized spacial score (nSPS) is 11.1. The van der Waals surface area contributed by atoms with E-state index >= 15 is 0 Å². The first-order valence-corrected chi connectivity index (χ1v) is 13.1. The molecule has 0 aromatic heterocycles. The molecule has 0 atom stereocenters. The van der Waals surface area contributed by atoms with Crippen LogP contribution in [0.4, 0.5) is 4.79 Å². The maximum Gasteiger partial charge on any atom is 0.410 e. The lowest BCUT2D eigenvalue weighted by Crippen LogP contribution is -2.34. The number of carbonyl (C=O) groups is 2. The van der Waals surface area contributed by atoms with Gasteiger partial charge in [-0.3, -0.25) is 4.79 Å². The van der Waals surface area contributed by atoms with Gasteiger partial charge in [-0.25, -0.2) is 4.79 Å². The molecule has 3 rings (SSSR count). The predicted molar refractivity (Wildman–Crippen MR) is 150 cm³/mol. The second kappa shape index (κ2) is 13.9. The summed E-state index contributed by atoms with van der Waals surface area (Å²) in [5.41, 5.74) is 1.83. The predicted octanol–water partition coefficient (Wildman–Crippen LogP) is 7.72. The van der Waals surface area contributed by atoms with Crippen LogP contribution in [0.2, 0.25) is 5.02 Å². The smallest absolute Gasteiger partial charge is 0.410 e. The average molecular weight is 538 g/mol. The highest BCUT2D eigenvalue weighted by Gasteiger charge is 2.21. The Bertz CT molecular complexity index is 1190. The zero-order valence-electron chi connectivity index (χ0n) is 22.5. The Kier molecular flexibility index (Phi) is 10.6. The van der Waals surface area contributed by atoms with Gasteiger partial charge in [-0.05, 0) is 56.9 Å². The summed E-state index contributed by atoms with van der Waals surface area (Å²) in [4.78, 5) is 26.7. The quantitative estimate of drug-likeness (QED) is 0.175. The maximum atomic E-state index is 13.1. The standard InChI is InChI=1S/C31H36ClNO5/c1-31(2,3)38-30(35)33(4)20-12-11-17-26(34)25-18-19-27(36-21-23-13-7-5-8-14-23)29(28(25)32)37-22-24-15-9-6-10-16-24/h5-10,13-16,18-19H,11-12,17,20-22H2,1-4H3. The van der Waals surface area contributed by atoms with Crippen molar-refractivity contribution in [1.29, 1.82) is 0 Å². The van der Waals surface area contributed by atoms with Crippen molar-refractivity contribution in [3.05, 3.63) is 94.5 Å². The number of amides is 1. The monoisotopic (exact) mass is 537 g/mol. The number of benzene rings is 3. The second-order valence-electron chi connectivity index (χ2n) is 10.1. The van der Waals surface area contributed by atoms with Gasteiger partial charge in [0.1, 0.15) is 18.8 Å². The molecule has 0 unspecified atom stereocenters. The molecule has 0 saturated carbocycles. The molecule has 6 nitrogen and oxygen atoms in total. The second-order valence-corrected chi connectivity index (χ2v) is 10.5. The van der Waals surface area contributed by atoms with Crippen LogP contribution in [0.5, 0.6) is 11.5 Å². The molecule has 0 saturated heterocycles. The topological polar surface area (TPSA) is 65.1 Å². The highest BCUT2D eigenvalue weighted by Crippen LogP contribution is 2.39. The maximum absolute atomic E-state index is 13.1. The molecule has 0 heterocycles. The van der Waals surface area contributed by atoms with Gasteiger partial charge >= 0.3 is 6.09 Å². The number of rotatable bonds is 12. The van der Waals surface area contributed by atoms with Crippen LogP contribution in [-0.4, -0.2) is 36.0 Å². The summed E-state index contributed by atoms with van der Waals surface area (Å²) in [5, 5.41) is 0.238. The number of unbranched alkanes of at least 4 members (excludes halogenated alkanes) is 1. The Balaban J connectivity index is 1.66. The number of ether oxygens (including phenoxy) is 3. The minimum absolute atomic E-state index is 0.0888. The summed E-state index contributed by atoms with van der Waals surface area (Å²) in [6.07, 6.45) is 1.19. The third kappa shape index (κ3) is 9.10. The largest absolute Gasteiger partial charge is 0.485 e. The first kappa shape index (κ1) is 29.1. The highest BCUT2D eigenvalue weighted by molar-refractivity contribution is 6.35. The fourth-order valence-corrected chi connectivity index (χ4v) is 3.98. The Hall–Kier alpha value is -3.51. The number of hydrogen-bond donors (Lipinski definition) is 0. The fourth-order valence-electron chi connectivity index (χ4n) is 3.67. The van der Waals surface area contributed by atoms with Crippen molar-refractivity contribution in [2.24, 2.45) is 0 Å². The number of halogens is 1.